The summed E-state index contributed by atoms with van der Waals surface area (Å²) in [5.74, 6) is 0.274. The molecule has 0 saturated heterocycles. The van der Waals surface area contributed by atoms with Gasteiger partial charge in [0.1, 0.15) is 11.3 Å². The molecule has 0 amide bonds. The minimum Gasteiger partial charge on any atom is -0.481 e. The van der Waals surface area contributed by atoms with Crippen LogP contribution in [0.3, 0.4) is 0 Å². The molecular weight excluding hydrogens is 420 g/mol. The molecule has 3 heterocycles. The molecule has 9 nitrogen and oxygen atoms in total. The van der Waals surface area contributed by atoms with Gasteiger partial charge in [-0.2, -0.15) is 5.10 Å². The summed E-state index contributed by atoms with van der Waals surface area (Å²) in [5, 5.41) is 16.4. The van der Waals surface area contributed by atoms with E-state index in [9.17, 15) is 4.79 Å². The summed E-state index contributed by atoms with van der Waals surface area (Å²) in [4.78, 5) is 20.0. The van der Waals surface area contributed by atoms with E-state index in [1.165, 1.54) is 0 Å². The molecule has 31 heavy (non-hydrogen) atoms. The summed E-state index contributed by atoms with van der Waals surface area (Å²) in [5.41, 5.74) is 9.47. The third-order valence-corrected chi connectivity index (χ3v) is 4.61. The van der Waals surface area contributed by atoms with Crippen LogP contribution in [0, 0.1) is 0 Å². The number of aryl methyl sites for hydroxylation is 1. The van der Waals surface area contributed by atoms with Crippen molar-refractivity contribution in [1.29, 1.82) is 0 Å². The molecule has 10 heteroatoms. The number of aromatic nitrogens is 4. The number of hydrogen-bond acceptors (Lipinski definition) is 7. The minimum absolute atomic E-state index is 0. The summed E-state index contributed by atoms with van der Waals surface area (Å²) in [6.07, 6.45) is 6.06. The first-order valence-corrected chi connectivity index (χ1v) is 9.68. The highest BCUT2D eigenvalue weighted by molar-refractivity contribution is 5.85. The molecule has 0 aliphatic rings. The van der Waals surface area contributed by atoms with E-state index in [0.29, 0.717) is 36.9 Å². The lowest BCUT2D eigenvalue weighted by atomic mass is 10.1. The minimum atomic E-state index is -0.861. The van der Waals surface area contributed by atoms with Crippen LogP contribution in [0.4, 0.5) is 5.82 Å². The molecule has 0 atom stereocenters. The Bertz CT molecular complexity index is 1140. The highest BCUT2D eigenvalue weighted by Gasteiger charge is 2.16. The van der Waals surface area contributed by atoms with Gasteiger partial charge in [0, 0.05) is 30.1 Å². The number of pyridine rings is 1. The van der Waals surface area contributed by atoms with Crippen LogP contribution < -0.4 is 11.1 Å². The Morgan fingerprint density at radius 1 is 1.23 bits per heavy atom. The summed E-state index contributed by atoms with van der Waals surface area (Å²) in [6, 6.07) is 9.53. The van der Waals surface area contributed by atoms with Crippen molar-refractivity contribution in [2.24, 2.45) is 5.73 Å². The Hall–Kier alpha value is -3.43. The van der Waals surface area contributed by atoms with Crippen molar-refractivity contribution >= 4 is 35.3 Å². The maximum Gasteiger partial charge on any atom is 0.305 e. The fraction of sp³-hybridized carbons (Fsp3) is 0.238. The molecule has 4 rings (SSSR count). The molecule has 0 unspecified atom stereocenters. The predicted molar refractivity (Wildman–Crippen MR) is 120 cm³/mol. The zero-order chi connectivity index (χ0) is 20.9. The number of carboxylic acid groups (broad SMARTS) is 1. The van der Waals surface area contributed by atoms with Gasteiger partial charge in [0.2, 0.25) is 5.89 Å². The second-order valence-electron chi connectivity index (χ2n) is 6.81. The average molecular weight is 443 g/mol. The number of carbonyl (C=O) groups is 1. The standard InChI is InChI=1S/C21H22N6O3.ClH/c22-7-3-8-23-20-16(21-26-17-4-1-2-5-18(17)30-21)10-14(11-24-20)15-12-25-27(13-15)9-6-19(28)29;/h1-2,4-5,10-13H,3,6-9,22H2,(H,23,24)(H,28,29);1H. The number of nitrogens with zero attached hydrogens (tertiary/aromatic N) is 4. The van der Waals surface area contributed by atoms with Gasteiger partial charge in [0.25, 0.3) is 0 Å². The zero-order valence-electron chi connectivity index (χ0n) is 16.7. The van der Waals surface area contributed by atoms with Crippen molar-refractivity contribution in [3.05, 3.63) is 48.9 Å². The molecular formula is C21H23ClN6O3. The Morgan fingerprint density at radius 2 is 2.06 bits per heavy atom. The van der Waals surface area contributed by atoms with Crippen LogP contribution in [0.25, 0.3) is 33.7 Å². The first kappa shape index (κ1) is 22.3. The number of rotatable bonds is 9. The van der Waals surface area contributed by atoms with Crippen LogP contribution in [0.5, 0.6) is 0 Å². The molecule has 0 radical (unpaired) electrons. The van der Waals surface area contributed by atoms with E-state index >= 15 is 0 Å². The maximum atomic E-state index is 10.8. The summed E-state index contributed by atoms with van der Waals surface area (Å²) in [6.45, 7) is 1.57. The van der Waals surface area contributed by atoms with Gasteiger partial charge >= 0.3 is 5.97 Å². The Morgan fingerprint density at radius 3 is 2.84 bits per heavy atom. The second kappa shape index (κ2) is 10.1. The van der Waals surface area contributed by atoms with Crippen molar-refractivity contribution in [2.45, 2.75) is 19.4 Å². The second-order valence-corrected chi connectivity index (χ2v) is 6.81. The van der Waals surface area contributed by atoms with Gasteiger partial charge in [0.05, 0.1) is 24.7 Å². The number of fused-ring (bicyclic) bond motifs is 1. The van der Waals surface area contributed by atoms with E-state index in [-0.39, 0.29) is 18.8 Å². The van der Waals surface area contributed by atoms with Gasteiger partial charge in [-0.15, -0.1) is 12.4 Å². The fourth-order valence-corrected chi connectivity index (χ4v) is 3.07. The first-order chi connectivity index (χ1) is 14.6. The molecule has 0 aliphatic carbocycles. The van der Waals surface area contributed by atoms with E-state index in [0.717, 1.165) is 28.6 Å². The van der Waals surface area contributed by atoms with Crippen LogP contribution >= 0.6 is 12.4 Å². The van der Waals surface area contributed by atoms with Crippen LogP contribution in [-0.2, 0) is 11.3 Å². The van der Waals surface area contributed by atoms with Crippen LogP contribution in [0.15, 0.2) is 53.3 Å². The lowest BCUT2D eigenvalue weighted by molar-refractivity contribution is -0.137. The van der Waals surface area contributed by atoms with Gasteiger partial charge < -0.3 is 20.6 Å². The molecule has 162 valence electrons. The van der Waals surface area contributed by atoms with Gasteiger partial charge in [-0.25, -0.2) is 9.97 Å². The lowest BCUT2D eigenvalue weighted by Gasteiger charge is -2.10. The summed E-state index contributed by atoms with van der Waals surface area (Å²) in [7, 11) is 0. The van der Waals surface area contributed by atoms with E-state index in [1.807, 2.05) is 30.3 Å². The molecule has 0 spiro atoms. The monoisotopic (exact) mass is 442 g/mol. The molecule has 4 N–H and O–H groups in total. The summed E-state index contributed by atoms with van der Waals surface area (Å²) < 4.78 is 7.57. The topological polar surface area (TPSA) is 132 Å². The van der Waals surface area contributed by atoms with Crippen molar-refractivity contribution in [1.82, 2.24) is 19.7 Å². The number of nitrogens with two attached hydrogens (primary N) is 1. The maximum absolute atomic E-state index is 10.8. The Kier molecular flexibility index (Phi) is 7.22. The van der Waals surface area contributed by atoms with Crippen LogP contribution in [0.2, 0.25) is 0 Å². The number of carboxylic acids is 1. The largest absolute Gasteiger partial charge is 0.481 e. The molecule has 0 aliphatic heterocycles. The predicted octanol–water partition coefficient (Wildman–Crippen LogP) is 3.41. The number of hydrogen-bond donors (Lipinski definition) is 3. The van der Waals surface area contributed by atoms with E-state index < -0.39 is 5.97 Å². The van der Waals surface area contributed by atoms with Gasteiger partial charge in [-0.05, 0) is 31.2 Å². The summed E-state index contributed by atoms with van der Waals surface area (Å²) >= 11 is 0. The Labute approximate surface area is 184 Å². The number of halogens is 1. The van der Waals surface area contributed by atoms with Crippen molar-refractivity contribution < 1.29 is 14.3 Å². The zero-order valence-corrected chi connectivity index (χ0v) is 17.5. The Balaban J connectivity index is 0.00000272. The molecule has 0 fully saturated rings. The fourth-order valence-electron chi connectivity index (χ4n) is 3.07. The SMILES string of the molecule is Cl.NCCCNc1ncc(-c2cnn(CCC(=O)O)c2)cc1-c1nc2ccccc2o1. The van der Waals surface area contributed by atoms with Crippen LogP contribution in [0.1, 0.15) is 12.8 Å². The van der Waals surface area contributed by atoms with Crippen LogP contribution in [-0.4, -0.2) is 43.9 Å². The smallest absolute Gasteiger partial charge is 0.305 e. The first-order valence-electron chi connectivity index (χ1n) is 9.68. The number of benzene rings is 1. The van der Waals surface area contributed by atoms with E-state index in [2.05, 4.69) is 20.4 Å². The number of oxazole rings is 1. The third kappa shape index (κ3) is 5.19. The number of para-hydroxylation sites is 2. The quantitative estimate of drug-likeness (QED) is 0.336. The molecule has 4 aromatic rings. The average Bonchev–Trinajstić information content (AvgIpc) is 3.39. The van der Waals surface area contributed by atoms with E-state index in [4.69, 9.17) is 15.3 Å². The van der Waals surface area contributed by atoms with Gasteiger partial charge in [0.15, 0.2) is 5.58 Å². The lowest BCUT2D eigenvalue weighted by Crippen LogP contribution is -2.10. The molecule has 1 aromatic carbocycles. The highest BCUT2D eigenvalue weighted by atomic mass is 35.5. The normalized spacial score (nSPS) is 10.7. The van der Waals surface area contributed by atoms with Gasteiger partial charge in [-0.1, -0.05) is 12.1 Å². The third-order valence-electron chi connectivity index (χ3n) is 4.61. The number of aliphatic carboxylic acids is 1. The van der Waals surface area contributed by atoms with Crippen molar-refractivity contribution in [2.75, 3.05) is 18.4 Å². The number of anilines is 1. The molecule has 0 bridgehead atoms. The van der Waals surface area contributed by atoms with E-state index in [1.54, 1.807) is 23.3 Å². The molecule has 0 saturated carbocycles. The molecule has 3 aromatic heterocycles. The van der Waals surface area contributed by atoms with Crippen molar-refractivity contribution in [3.63, 3.8) is 0 Å². The van der Waals surface area contributed by atoms with Gasteiger partial charge in [-0.3, -0.25) is 9.48 Å². The van der Waals surface area contributed by atoms with Crippen molar-refractivity contribution in [3.8, 4) is 22.6 Å². The number of nitrogens with one attached hydrogen (secondary N) is 1. The highest BCUT2D eigenvalue weighted by Crippen LogP contribution is 2.32.